The van der Waals surface area contributed by atoms with E-state index in [0.717, 1.165) is 35.2 Å². The fourth-order valence-electron chi connectivity index (χ4n) is 6.05. The summed E-state index contributed by atoms with van der Waals surface area (Å²) < 4.78 is 1.52. The van der Waals surface area contributed by atoms with E-state index in [1.165, 1.54) is 11.4 Å². The minimum Gasteiger partial charge on any atom is -0.383 e. The van der Waals surface area contributed by atoms with Crippen LogP contribution in [0.15, 0.2) is 54.9 Å². The summed E-state index contributed by atoms with van der Waals surface area (Å²) in [5, 5.41) is 15.2. The van der Waals surface area contributed by atoms with Crippen LogP contribution in [0.2, 0.25) is 0 Å². The van der Waals surface area contributed by atoms with Gasteiger partial charge in [0.1, 0.15) is 11.4 Å². The lowest BCUT2D eigenvalue weighted by Gasteiger charge is -2.36. The van der Waals surface area contributed by atoms with E-state index in [0.29, 0.717) is 55.7 Å². The molecule has 3 N–H and O–H groups in total. The number of anilines is 1. The van der Waals surface area contributed by atoms with Gasteiger partial charge in [0.15, 0.2) is 11.4 Å². The zero-order valence-electron chi connectivity index (χ0n) is 22.0. The maximum absolute atomic E-state index is 13.0. The molecule has 9 nitrogen and oxygen atoms in total. The highest BCUT2D eigenvalue weighted by Gasteiger charge is 2.42. The van der Waals surface area contributed by atoms with Crippen LogP contribution in [0.5, 0.6) is 0 Å². The molecule has 3 aromatic heterocycles. The van der Waals surface area contributed by atoms with Crippen molar-refractivity contribution in [1.29, 1.82) is 0 Å². The average molecular weight is 525 g/mol. The first-order chi connectivity index (χ1) is 18.9. The molecule has 0 bridgehead atoms. The van der Waals surface area contributed by atoms with Crippen molar-refractivity contribution in [2.45, 2.75) is 57.0 Å². The van der Waals surface area contributed by atoms with Crippen molar-refractivity contribution in [3.63, 3.8) is 0 Å². The van der Waals surface area contributed by atoms with Gasteiger partial charge in [-0.1, -0.05) is 36.4 Å². The van der Waals surface area contributed by atoms with Crippen molar-refractivity contribution < 1.29 is 14.7 Å². The Morgan fingerprint density at radius 1 is 1.00 bits per heavy atom. The third kappa shape index (κ3) is 4.46. The minimum atomic E-state index is -1.23. The predicted octanol–water partition coefficient (Wildman–Crippen LogP) is 4.25. The second-order valence-corrected chi connectivity index (χ2v) is 10.7. The second kappa shape index (κ2) is 9.89. The number of piperidine rings is 1. The highest BCUT2D eigenvalue weighted by molar-refractivity contribution is 6.00. The summed E-state index contributed by atoms with van der Waals surface area (Å²) in [6.45, 7) is 2.51. The second-order valence-electron chi connectivity index (χ2n) is 10.7. The van der Waals surface area contributed by atoms with E-state index in [4.69, 9.17) is 10.7 Å². The molecule has 39 heavy (non-hydrogen) atoms. The smallest absolute Gasteiger partial charge is 0.254 e. The summed E-state index contributed by atoms with van der Waals surface area (Å²) in [4.78, 5) is 37.2. The molecule has 0 spiro atoms. The molecule has 2 fully saturated rings. The van der Waals surface area contributed by atoms with Crippen molar-refractivity contribution >= 4 is 23.2 Å². The van der Waals surface area contributed by atoms with E-state index in [-0.39, 0.29) is 23.4 Å². The summed E-state index contributed by atoms with van der Waals surface area (Å²) in [5.41, 5.74) is 10.4. The Labute approximate surface area is 226 Å². The standard InChI is InChI=1S/C30H32N6O3/c1-19(37)25-26(21-11-15-35(16-12-21)29(38)30(39)13-5-6-14-30)34-28-23(18-33-36(28)27(25)31)22-9-10-24(32-17-22)20-7-3-2-4-8-20/h2-4,7-10,17-18,21,39H,5-6,11-16,31H2,1H3. The molecular formula is C30H32N6O3. The topological polar surface area (TPSA) is 127 Å². The van der Waals surface area contributed by atoms with E-state index in [2.05, 4.69) is 10.1 Å². The van der Waals surface area contributed by atoms with E-state index in [1.807, 2.05) is 42.5 Å². The molecule has 4 heterocycles. The highest BCUT2D eigenvalue weighted by Crippen LogP contribution is 2.37. The number of carbonyl (C=O) groups is 2. The van der Waals surface area contributed by atoms with Crippen LogP contribution in [0.4, 0.5) is 5.82 Å². The number of benzene rings is 1. The van der Waals surface area contributed by atoms with E-state index in [1.54, 1.807) is 17.3 Å². The van der Waals surface area contributed by atoms with Crippen LogP contribution in [0.3, 0.4) is 0 Å². The SMILES string of the molecule is CC(=O)c1c(C2CCN(C(=O)C3(O)CCCC3)CC2)nc2c(-c3ccc(-c4ccccc4)nc3)cnn2c1N. The summed E-state index contributed by atoms with van der Waals surface area (Å²) in [5.74, 6) is -0.111. The summed E-state index contributed by atoms with van der Waals surface area (Å²) >= 11 is 0. The molecule has 9 heteroatoms. The van der Waals surface area contributed by atoms with Gasteiger partial charge in [-0.2, -0.15) is 9.61 Å². The third-order valence-electron chi connectivity index (χ3n) is 8.20. The molecule has 0 unspecified atom stereocenters. The molecule has 1 saturated carbocycles. The van der Waals surface area contributed by atoms with Crippen LogP contribution in [-0.2, 0) is 4.79 Å². The van der Waals surface area contributed by atoms with E-state index < -0.39 is 5.60 Å². The first-order valence-electron chi connectivity index (χ1n) is 13.6. The molecule has 200 valence electrons. The highest BCUT2D eigenvalue weighted by atomic mass is 16.3. The maximum atomic E-state index is 13.0. The van der Waals surface area contributed by atoms with Gasteiger partial charge in [-0.05, 0) is 51.5 Å². The normalized spacial score (nSPS) is 17.5. The van der Waals surface area contributed by atoms with Gasteiger partial charge in [0, 0.05) is 41.9 Å². The average Bonchev–Trinajstić information content (AvgIpc) is 3.60. The number of rotatable bonds is 5. The largest absolute Gasteiger partial charge is 0.383 e. The van der Waals surface area contributed by atoms with Crippen LogP contribution in [0.25, 0.3) is 28.0 Å². The number of fused-ring (bicyclic) bond motifs is 1. The lowest BCUT2D eigenvalue weighted by Crippen LogP contribution is -2.50. The van der Waals surface area contributed by atoms with Crippen molar-refractivity contribution in [2.75, 3.05) is 18.8 Å². The first-order valence-corrected chi connectivity index (χ1v) is 13.6. The third-order valence-corrected chi connectivity index (χ3v) is 8.20. The molecule has 2 aliphatic rings. The molecule has 1 aliphatic heterocycles. The Morgan fingerprint density at radius 2 is 1.72 bits per heavy atom. The Bertz CT molecular complexity index is 1530. The van der Waals surface area contributed by atoms with Crippen LogP contribution < -0.4 is 5.73 Å². The molecular weight excluding hydrogens is 492 g/mol. The molecule has 1 aliphatic carbocycles. The number of aromatic nitrogens is 4. The zero-order valence-corrected chi connectivity index (χ0v) is 22.0. The number of amides is 1. The zero-order chi connectivity index (χ0) is 27.1. The first kappa shape index (κ1) is 25.2. The Hall–Kier alpha value is -4.11. The molecule has 4 aromatic rings. The quantitative estimate of drug-likeness (QED) is 0.374. The number of aliphatic hydroxyl groups is 1. The number of carbonyl (C=O) groups excluding carboxylic acids is 2. The van der Waals surface area contributed by atoms with Crippen LogP contribution in [0.1, 0.15) is 67.4 Å². The van der Waals surface area contributed by atoms with Gasteiger partial charge >= 0.3 is 0 Å². The van der Waals surface area contributed by atoms with E-state index >= 15 is 0 Å². The fraction of sp³-hybridized carbons (Fsp3) is 0.367. The summed E-state index contributed by atoms with van der Waals surface area (Å²) in [6, 6.07) is 13.9. The minimum absolute atomic E-state index is 0.0418. The summed E-state index contributed by atoms with van der Waals surface area (Å²) in [6.07, 6.45) is 7.59. The van der Waals surface area contributed by atoms with Gasteiger partial charge in [0.05, 0.1) is 23.1 Å². The molecule has 1 amide bonds. The summed E-state index contributed by atoms with van der Waals surface area (Å²) in [7, 11) is 0. The number of nitrogens with two attached hydrogens (primary N) is 1. The maximum Gasteiger partial charge on any atom is 0.254 e. The monoisotopic (exact) mass is 524 g/mol. The lowest BCUT2D eigenvalue weighted by atomic mass is 9.88. The van der Waals surface area contributed by atoms with Gasteiger partial charge in [0.25, 0.3) is 5.91 Å². The number of ketones is 1. The Morgan fingerprint density at radius 3 is 2.36 bits per heavy atom. The van der Waals surface area contributed by atoms with Crippen LogP contribution >= 0.6 is 0 Å². The van der Waals surface area contributed by atoms with Crippen molar-refractivity contribution in [3.8, 4) is 22.4 Å². The van der Waals surface area contributed by atoms with Gasteiger partial charge in [-0.3, -0.25) is 14.6 Å². The molecule has 0 atom stereocenters. The van der Waals surface area contributed by atoms with E-state index in [9.17, 15) is 14.7 Å². The van der Waals surface area contributed by atoms with Gasteiger partial charge in [-0.25, -0.2) is 4.98 Å². The molecule has 0 radical (unpaired) electrons. The number of nitrogens with zero attached hydrogens (tertiary/aromatic N) is 5. The van der Waals surface area contributed by atoms with Crippen molar-refractivity contribution in [2.24, 2.45) is 0 Å². The van der Waals surface area contributed by atoms with Gasteiger partial charge < -0.3 is 15.7 Å². The molecule has 6 rings (SSSR count). The number of likely N-dealkylation sites (tertiary alicyclic amines) is 1. The number of nitrogen functional groups attached to an aromatic ring is 1. The van der Waals surface area contributed by atoms with Gasteiger partial charge in [-0.15, -0.1) is 0 Å². The molecule has 1 aromatic carbocycles. The number of Topliss-reactive ketones (excluding diaryl/α,β-unsaturated/α-hetero) is 1. The fourth-order valence-corrected chi connectivity index (χ4v) is 6.05. The van der Waals surface area contributed by atoms with Crippen LogP contribution in [-0.4, -0.2) is 60.0 Å². The van der Waals surface area contributed by atoms with Gasteiger partial charge in [0.2, 0.25) is 0 Å². The predicted molar refractivity (Wildman–Crippen MR) is 148 cm³/mol. The Balaban J connectivity index is 1.32. The Kier molecular flexibility index (Phi) is 6.38. The molecule has 1 saturated heterocycles. The van der Waals surface area contributed by atoms with Crippen LogP contribution in [0, 0.1) is 0 Å². The lowest BCUT2D eigenvalue weighted by molar-refractivity contribution is -0.151. The van der Waals surface area contributed by atoms with Crippen molar-refractivity contribution in [3.05, 3.63) is 66.1 Å². The number of hydrogen-bond acceptors (Lipinski definition) is 7. The number of hydrogen-bond donors (Lipinski definition) is 2. The number of pyridine rings is 1. The van der Waals surface area contributed by atoms with Crippen molar-refractivity contribution in [1.82, 2.24) is 24.5 Å².